The molecule has 1 aromatic rings. The van der Waals surface area contributed by atoms with E-state index in [-0.39, 0.29) is 18.3 Å². The highest BCUT2D eigenvalue weighted by atomic mass is 32.2. The molecule has 108 valence electrons. The molecule has 1 aromatic carbocycles. The first kappa shape index (κ1) is 14.9. The maximum Gasteiger partial charge on any atom is 0.235 e. The zero-order chi connectivity index (χ0) is 14.8. The van der Waals surface area contributed by atoms with Crippen molar-refractivity contribution in [2.75, 3.05) is 23.2 Å². The third-order valence-corrected chi connectivity index (χ3v) is 5.15. The number of sulfonamides is 1. The Hall–Kier alpha value is -1.51. The lowest BCUT2D eigenvalue weighted by Crippen LogP contribution is -2.25. The first-order chi connectivity index (χ1) is 9.42. The van der Waals surface area contributed by atoms with Gasteiger partial charge in [-0.05, 0) is 36.6 Å². The molecule has 1 N–H and O–H groups in total. The Bertz CT molecular complexity index is 655. The average Bonchev–Trinajstić information content (AvgIpc) is 2.62. The molecule has 5 heteroatoms. The van der Waals surface area contributed by atoms with Gasteiger partial charge in [0.05, 0.1) is 18.0 Å². The highest BCUT2D eigenvalue weighted by Gasteiger charge is 2.33. The molecule has 1 aliphatic rings. The van der Waals surface area contributed by atoms with Gasteiger partial charge in [0, 0.05) is 18.5 Å². The number of aliphatic hydroxyl groups is 1. The van der Waals surface area contributed by atoms with Crippen LogP contribution in [0.2, 0.25) is 0 Å². The van der Waals surface area contributed by atoms with E-state index in [0.717, 1.165) is 11.1 Å². The molecule has 4 nitrogen and oxygen atoms in total. The van der Waals surface area contributed by atoms with Gasteiger partial charge in [0.25, 0.3) is 0 Å². The van der Waals surface area contributed by atoms with Crippen molar-refractivity contribution in [3.8, 4) is 11.8 Å². The van der Waals surface area contributed by atoms with Gasteiger partial charge in [-0.25, -0.2) is 8.42 Å². The predicted octanol–water partition coefficient (Wildman–Crippen LogP) is 1.51. The van der Waals surface area contributed by atoms with Crippen molar-refractivity contribution in [1.82, 2.24) is 0 Å². The van der Waals surface area contributed by atoms with Crippen LogP contribution in [0, 0.1) is 24.7 Å². The van der Waals surface area contributed by atoms with E-state index in [1.54, 1.807) is 6.07 Å². The normalized spacial score (nSPS) is 20.6. The van der Waals surface area contributed by atoms with E-state index >= 15 is 0 Å². The van der Waals surface area contributed by atoms with Crippen molar-refractivity contribution in [3.63, 3.8) is 0 Å². The van der Waals surface area contributed by atoms with Crippen molar-refractivity contribution in [1.29, 1.82) is 0 Å². The highest BCUT2D eigenvalue weighted by Crippen LogP contribution is 2.28. The first-order valence-corrected chi connectivity index (χ1v) is 8.25. The Balaban J connectivity index is 2.36. The van der Waals surface area contributed by atoms with Crippen molar-refractivity contribution in [3.05, 3.63) is 29.3 Å². The Kier molecular flexibility index (Phi) is 4.36. The lowest BCUT2D eigenvalue weighted by atomic mass is 10.1. The SMILES string of the molecule is Cc1cc(C#CCCO)cc(N2CC(C)CS2(=O)=O)c1. The smallest absolute Gasteiger partial charge is 0.235 e. The molecule has 0 aliphatic carbocycles. The largest absolute Gasteiger partial charge is 0.395 e. The molecule has 0 spiro atoms. The van der Waals surface area contributed by atoms with Gasteiger partial charge in [-0.2, -0.15) is 0 Å². The predicted molar refractivity (Wildman–Crippen MR) is 80.1 cm³/mol. The Morgan fingerprint density at radius 2 is 2.15 bits per heavy atom. The van der Waals surface area contributed by atoms with Crippen molar-refractivity contribution in [2.24, 2.45) is 5.92 Å². The summed E-state index contributed by atoms with van der Waals surface area (Å²) < 4.78 is 25.7. The molecule has 1 aliphatic heterocycles. The van der Waals surface area contributed by atoms with Gasteiger partial charge in [0.2, 0.25) is 10.0 Å². The quantitative estimate of drug-likeness (QED) is 0.841. The van der Waals surface area contributed by atoms with Gasteiger partial charge in [0.1, 0.15) is 0 Å². The van der Waals surface area contributed by atoms with Crippen LogP contribution in [0.25, 0.3) is 0 Å². The second kappa shape index (κ2) is 5.86. The van der Waals surface area contributed by atoms with Gasteiger partial charge in [0.15, 0.2) is 0 Å². The standard InChI is InChI=1S/C15H19NO3S/c1-12-7-14(5-3-4-6-17)9-15(8-12)16-10-13(2)11-20(16,18)19/h7-9,13,17H,4,6,10-11H2,1-2H3. The molecule has 0 saturated carbocycles. The first-order valence-electron chi connectivity index (χ1n) is 6.64. The summed E-state index contributed by atoms with van der Waals surface area (Å²) in [4.78, 5) is 0. The van der Waals surface area contributed by atoms with Gasteiger partial charge in [-0.15, -0.1) is 0 Å². The second-order valence-corrected chi connectivity index (χ2v) is 7.19. The summed E-state index contributed by atoms with van der Waals surface area (Å²) >= 11 is 0. The molecular formula is C15H19NO3S. The van der Waals surface area contributed by atoms with Gasteiger partial charge in [-0.3, -0.25) is 4.31 Å². The Labute approximate surface area is 120 Å². The Morgan fingerprint density at radius 1 is 1.40 bits per heavy atom. The average molecular weight is 293 g/mol. The van der Waals surface area contributed by atoms with Crippen LogP contribution in [0.1, 0.15) is 24.5 Å². The second-order valence-electron chi connectivity index (χ2n) is 5.25. The summed E-state index contributed by atoms with van der Waals surface area (Å²) in [7, 11) is -3.20. The molecule has 1 saturated heterocycles. The third kappa shape index (κ3) is 3.33. The van der Waals surface area contributed by atoms with Gasteiger partial charge < -0.3 is 5.11 Å². The fraction of sp³-hybridized carbons (Fsp3) is 0.467. The summed E-state index contributed by atoms with van der Waals surface area (Å²) in [5, 5.41) is 8.73. The topological polar surface area (TPSA) is 57.6 Å². The number of benzene rings is 1. The van der Waals surface area contributed by atoms with Crippen molar-refractivity contribution >= 4 is 15.7 Å². The van der Waals surface area contributed by atoms with E-state index in [1.165, 1.54) is 4.31 Å². The molecule has 2 rings (SSSR count). The summed E-state index contributed by atoms with van der Waals surface area (Å²) in [5.41, 5.74) is 2.44. The molecule has 1 unspecified atom stereocenters. The summed E-state index contributed by atoms with van der Waals surface area (Å²) in [6, 6.07) is 5.58. The minimum absolute atomic E-state index is 0.0314. The van der Waals surface area contributed by atoms with Gasteiger partial charge in [-0.1, -0.05) is 18.8 Å². The molecule has 0 radical (unpaired) electrons. The summed E-state index contributed by atoms with van der Waals surface area (Å²) in [6.07, 6.45) is 0.419. The summed E-state index contributed by atoms with van der Waals surface area (Å²) in [6.45, 7) is 4.42. The van der Waals surface area contributed by atoms with E-state index in [4.69, 9.17) is 5.11 Å². The number of anilines is 1. The number of hydrogen-bond donors (Lipinski definition) is 1. The monoisotopic (exact) mass is 293 g/mol. The highest BCUT2D eigenvalue weighted by molar-refractivity contribution is 7.93. The van der Waals surface area contributed by atoms with Crippen LogP contribution in [-0.2, 0) is 10.0 Å². The zero-order valence-electron chi connectivity index (χ0n) is 11.8. The summed E-state index contributed by atoms with van der Waals surface area (Å²) in [5.74, 6) is 6.16. The van der Waals surface area contributed by atoms with E-state index in [0.29, 0.717) is 18.7 Å². The minimum Gasteiger partial charge on any atom is -0.395 e. The van der Waals surface area contributed by atoms with E-state index < -0.39 is 10.0 Å². The van der Waals surface area contributed by atoms with Crippen molar-refractivity contribution in [2.45, 2.75) is 20.3 Å². The molecule has 1 heterocycles. The van der Waals surface area contributed by atoms with Crippen LogP contribution < -0.4 is 4.31 Å². The molecule has 1 atom stereocenters. The molecule has 1 fully saturated rings. The maximum atomic E-state index is 12.1. The zero-order valence-corrected chi connectivity index (χ0v) is 12.6. The van der Waals surface area contributed by atoms with E-state index in [1.807, 2.05) is 26.0 Å². The Morgan fingerprint density at radius 3 is 2.75 bits per heavy atom. The molecule has 0 aromatic heterocycles. The fourth-order valence-corrected chi connectivity index (χ4v) is 4.28. The lowest BCUT2D eigenvalue weighted by Gasteiger charge is -2.18. The third-order valence-electron chi connectivity index (χ3n) is 3.13. The van der Waals surface area contributed by atoms with Crippen molar-refractivity contribution < 1.29 is 13.5 Å². The van der Waals surface area contributed by atoms with Crippen LogP contribution in [0.3, 0.4) is 0 Å². The molecule has 0 amide bonds. The number of aliphatic hydroxyl groups excluding tert-OH is 1. The molecule has 20 heavy (non-hydrogen) atoms. The van der Waals surface area contributed by atoms with Crippen LogP contribution >= 0.6 is 0 Å². The number of nitrogens with zero attached hydrogens (tertiary/aromatic N) is 1. The minimum atomic E-state index is -3.20. The van der Waals surface area contributed by atoms with Crippen LogP contribution in [0.15, 0.2) is 18.2 Å². The fourth-order valence-electron chi connectivity index (χ4n) is 2.36. The van der Waals surface area contributed by atoms with Crippen LogP contribution in [-0.4, -0.2) is 32.4 Å². The molecule has 0 bridgehead atoms. The molecular weight excluding hydrogens is 274 g/mol. The lowest BCUT2D eigenvalue weighted by molar-refractivity contribution is 0.305. The van der Waals surface area contributed by atoms with E-state index in [2.05, 4.69) is 11.8 Å². The van der Waals surface area contributed by atoms with E-state index in [9.17, 15) is 8.42 Å². The number of aryl methyl sites for hydroxylation is 1. The van der Waals surface area contributed by atoms with Gasteiger partial charge >= 0.3 is 0 Å². The van der Waals surface area contributed by atoms with Crippen LogP contribution in [0.4, 0.5) is 5.69 Å². The number of rotatable bonds is 2. The van der Waals surface area contributed by atoms with Crippen LogP contribution in [0.5, 0.6) is 0 Å². The number of hydrogen-bond acceptors (Lipinski definition) is 3. The maximum absolute atomic E-state index is 12.1.